The van der Waals surface area contributed by atoms with Crippen molar-refractivity contribution in [1.29, 1.82) is 0 Å². The van der Waals surface area contributed by atoms with Crippen LogP contribution < -0.4 is 24.8 Å². The molecule has 0 saturated carbocycles. The summed E-state index contributed by atoms with van der Waals surface area (Å²) in [6.07, 6.45) is -0.0722. The minimum Gasteiger partial charge on any atom is -0.497 e. The van der Waals surface area contributed by atoms with Crippen LogP contribution in [0.4, 0.5) is 11.5 Å². The molecule has 1 aliphatic rings. The number of methoxy groups -OCH3 is 3. The molecular formula is C23H24N4O5. The van der Waals surface area contributed by atoms with Crippen molar-refractivity contribution in [3.63, 3.8) is 0 Å². The number of anilines is 2. The molecule has 3 aromatic rings. The number of carbonyl (C=O) groups excluding carboxylic acids is 2. The van der Waals surface area contributed by atoms with E-state index in [0.717, 1.165) is 22.6 Å². The van der Waals surface area contributed by atoms with Crippen LogP contribution >= 0.6 is 0 Å². The van der Waals surface area contributed by atoms with Crippen LogP contribution in [0.15, 0.2) is 42.5 Å². The zero-order valence-electron chi connectivity index (χ0n) is 18.3. The molecule has 0 fully saturated rings. The molecule has 166 valence electrons. The molecule has 1 atom stereocenters. The number of rotatable bonds is 7. The van der Waals surface area contributed by atoms with E-state index in [1.807, 2.05) is 31.2 Å². The number of hydrogen-bond acceptors (Lipinski definition) is 6. The molecule has 2 N–H and O–H groups in total. The lowest BCUT2D eigenvalue weighted by Gasteiger charge is -2.13. The van der Waals surface area contributed by atoms with Crippen molar-refractivity contribution < 1.29 is 23.8 Å². The summed E-state index contributed by atoms with van der Waals surface area (Å²) < 4.78 is 17.3. The molecule has 2 amide bonds. The first kappa shape index (κ1) is 21.2. The van der Waals surface area contributed by atoms with E-state index in [2.05, 4.69) is 15.7 Å². The number of aryl methyl sites for hydroxylation is 1. The third-order valence-electron chi connectivity index (χ3n) is 5.37. The van der Waals surface area contributed by atoms with E-state index in [0.29, 0.717) is 23.0 Å². The van der Waals surface area contributed by atoms with Gasteiger partial charge in [0.05, 0.1) is 39.1 Å². The molecule has 9 heteroatoms. The van der Waals surface area contributed by atoms with Gasteiger partial charge in [0.25, 0.3) is 5.91 Å². The van der Waals surface area contributed by atoms with Gasteiger partial charge >= 0.3 is 0 Å². The first-order valence-corrected chi connectivity index (χ1v) is 10.0. The molecule has 1 aromatic heterocycles. The van der Waals surface area contributed by atoms with Crippen LogP contribution in [0.3, 0.4) is 0 Å². The van der Waals surface area contributed by atoms with Crippen molar-refractivity contribution in [1.82, 2.24) is 9.78 Å². The van der Waals surface area contributed by atoms with E-state index < -0.39 is 6.04 Å². The van der Waals surface area contributed by atoms with Crippen LogP contribution in [0.25, 0.3) is 11.1 Å². The smallest absolute Gasteiger partial charge is 0.251 e. The maximum atomic E-state index is 12.7. The van der Waals surface area contributed by atoms with Gasteiger partial charge in [0, 0.05) is 11.6 Å². The topological polar surface area (TPSA) is 104 Å². The van der Waals surface area contributed by atoms with Crippen LogP contribution in [0.1, 0.15) is 18.2 Å². The minimum atomic E-state index is -0.750. The molecule has 9 nitrogen and oxygen atoms in total. The van der Waals surface area contributed by atoms with Gasteiger partial charge in [-0.3, -0.25) is 9.59 Å². The van der Waals surface area contributed by atoms with E-state index in [1.54, 1.807) is 37.1 Å². The fourth-order valence-corrected chi connectivity index (χ4v) is 3.76. The monoisotopic (exact) mass is 436 g/mol. The molecule has 0 spiro atoms. The van der Waals surface area contributed by atoms with Crippen molar-refractivity contribution in [2.24, 2.45) is 0 Å². The Labute approximate surface area is 185 Å². The summed E-state index contributed by atoms with van der Waals surface area (Å²) in [5, 5.41) is 10.2. The molecule has 0 saturated heterocycles. The van der Waals surface area contributed by atoms with E-state index >= 15 is 0 Å². The van der Waals surface area contributed by atoms with Crippen LogP contribution in [-0.2, 0) is 9.59 Å². The van der Waals surface area contributed by atoms with Crippen molar-refractivity contribution in [3.8, 4) is 28.4 Å². The van der Waals surface area contributed by atoms with E-state index in [-0.39, 0.29) is 18.2 Å². The Hall–Kier alpha value is -4.01. The predicted octanol–water partition coefficient (Wildman–Crippen LogP) is 3.41. The molecule has 32 heavy (non-hydrogen) atoms. The summed E-state index contributed by atoms with van der Waals surface area (Å²) in [6.45, 7) is 1.87. The van der Waals surface area contributed by atoms with Crippen molar-refractivity contribution in [3.05, 3.63) is 48.2 Å². The highest BCUT2D eigenvalue weighted by Crippen LogP contribution is 2.39. The Bertz CT molecular complexity index is 1170. The molecule has 1 aliphatic heterocycles. The minimum absolute atomic E-state index is 0.0722. The molecule has 4 rings (SSSR count). The fraction of sp³-hybridized carbons (Fsp3) is 0.261. The standard InChI is InChI=1S/C23H24N4O5/c1-13-21(14-5-7-15(30-2)8-6-14)22-25-23(29)18(27(22)26-13)12-20(28)24-17-10-9-16(31-3)11-19(17)32-4/h5-11,18H,12H2,1-4H3,(H,24,28)(H,25,29). The largest absolute Gasteiger partial charge is 0.497 e. The lowest BCUT2D eigenvalue weighted by atomic mass is 10.1. The Morgan fingerprint density at radius 1 is 1.06 bits per heavy atom. The molecular weight excluding hydrogens is 412 g/mol. The van der Waals surface area contributed by atoms with Crippen LogP contribution in [0.2, 0.25) is 0 Å². The number of nitrogens with zero attached hydrogens (tertiary/aromatic N) is 2. The Kier molecular flexibility index (Phi) is 5.72. The van der Waals surface area contributed by atoms with Gasteiger partial charge < -0.3 is 24.8 Å². The van der Waals surface area contributed by atoms with Crippen LogP contribution in [-0.4, -0.2) is 42.9 Å². The summed E-state index contributed by atoms with van der Waals surface area (Å²) in [7, 11) is 4.67. The third kappa shape index (κ3) is 3.84. The summed E-state index contributed by atoms with van der Waals surface area (Å²) in [5.41, 5.74) is 2.97. The Morgan fingerprint density at radius 2 is 1.75 bits per heavy atom. The summed E-state index contributed by atoms with van der Waals surface area (Å²) in [4.78, 5) is 25.4. The lowest BCUT2D eigenvalue weighted by molar-refractivity contribution is -0.123. The molecule has 1 unspecified atom stereocenters. The van der Waals surface area contributed by atoms with E-state index in [1.165, 1.54) is 7.11 Å². The highest BCUT2D eigenvalue weighted by atomic mass is 16.5. The summed E-state index contributed by atoms with van der Waals surface area (Å²) in [6, 6.07) is 11.9. The predicted molar refractivity (Wildman–Crippen MR) is 119 cm³/mol. The fourth-order valence-electron chi connectivity index (χ4n) is 3.76. The number of nitrogens with one attached hydrogen (secondary N) is 2. The zero-order chi connectivity index (χ0) is 22.8. The van der Waals surface area contributed by atoms with E-state index in [4.69, 9.17) is 14.2 Å². The van der Waals surface area contributed by atoms with Gasteiger partial charge in [-0.25, -0.2) is 4.68 Å². The molecule has 0 aliphatic carbocycles. The van der Waals surface area contributed by atoms with Crippen molar-refractivity contribution in [2.45, 2.75) is 19.4 Å². The van der Waals surface area contributed by atoms with Gasteiger partial charge in [-0.2, -0.15) is 5.10 Å². The number of amides is 2. The lowest BCUT2D eigenvalue weighted by Crippen LogP contribution is -2.24. The molecule has 0 bridgehead atoms. The zero-order valence-corrected chi connectivity index (χ0v) is 18.3. The maximum absolute atomic E-state index is 12.7. The normalized spacial score (nSPS) is 14.5. The quantitative estimate of drug-likeness (QED) is 0.588. The van der Waals surface area contributed by atoms with E-state index in [9.17, 15) is 9.59 Å². The molecule has 2 aromatic carbocycles. The number of ether oxygens (including phenoxy) is 3. The van der Waals surface area contributed by atoms with Gasteiger partial charge in [-0.15, -0.1) is 0 Å². The average molecular weight is 436 g/mol. The number of hydrogen-bond donors (Lipinski definition) is 2. The third-order valence-corrected chi connectivity index (χ3v) is 5.37. The van der Waals surface area contributed by atoms with Crippen LogP contribution in [0.5, 0.6) is 17.2 Å². The number of benzene rings is 2. The van der Waals surface area contributed by atoms with Gasteiger partial charge in [0.15, 0.2) is 0 Å². The Morgan fingerprint density at radius 3 is 2.41 bits per heavy atom. The number of carbonyl (C=O) groups is 2. The summed E-state index contributed by atoms with van der Waals surface area (Å²) >= 11 is 0. The van der Waals surface area contributed by atoms with Gasteiger partial charge in [-0.05, 0) is 36.8 Å². The van der Waals surface area contributed by atoms with Crippen molar-refractivity contribution in [2.75, 3.05) is 32.0 Å². The first-order chi connectivity index (χ1) is 15.4. The summed E-state index contributed by atoms with van der Waals surface area (Å²) in [5.74, 6) is 1.78. The molecule has 2 heterocycles. The number of fused-ring (bicyclic) bond motifs is 1. The highest BCUT2D eigenvalue weighted by Gasteiger charge is 2.36. The first-order valence-electron chi connectivity index (χ1n) is 10.0. The second-order valence-electron chi connectivity index (χ2n) is 7.31. The van der Waals surface area contributed by atoms with Gasteiger partial charge in [-0.1, -0.05) is 12.1 Å². The van der Waals surface area contributed by atoms with Crippen molar-refractivity contribution >= 4 is 23.3 Å². The maximum Gasteiger partial charge on any atom is 0.251 e. The van der Waals surface area contributed by atoms with Crippen LogP contribution in [0, 0.1) is 6.92 Å². The van der Waals surface area contributed by atoms with Gasteiger partial charge in [0.1, 0.15) is 29.1 Å². The Balaban J connectivity index is 1.56. The average Bonchev–Trinajstić information content (AvgIpc) is 3.27. The SMILES string of the molecule is COc1ccc(-c2c(C)nn3c2NC(=O)C3CC(=O)Nc2ccc(OC)cc2OC)cc1. The number of aromatic nitrogens is 2. The molecule has 0 radical (unpaired) electrons. The second kappa shape index (κ2) is 8.62. The highest BCUT2D eigenvalue weighted by molar-refractivity contribution is 6.04. The second-order valence-corrected chi connectivity index (χ2v) is 7.31. The van der Waals surface area contributed by atoms with Gasteiger partial charge in [0.2, 0.25) is 5.91 Å².